The number of hydrogen-bond donors (Lipinski definition) is 2. The maximum absolute atomic E-state index is 13.9. The van der Waals surface area contributed by atoms with Crippen LogP contribution in [0.3, 0.4) is 0 Å². The van der Waals surface area contributed by atoms with Crippen LogP contribution in [0.4, 0.5) is 23.2 Å². The van der Waals surface area contributed by atoms with Gasteiger partial charge in [-0.05, 0) is 36.4 Å². The molecule has 2 aromatic heterocycles. The largest absolute Gasteiger partial charge is 0.417 e. The number of aromatic nitrogens is 3. The average Bonchev–Trinajstić information content (AvgIpc) is 3.11. The molecule has 0 aliphatic heterocycles. The Hall–Kier alpha value is -3.76. The van der Waals surface area contributed by atoms with E-state index < -0.39 is 29.4 Å². The first-order chi connectivity index (χ1) is 14.1. The van der Waals surface area contributed by atoms with Crippen molar-refractivity contribution < 1.29 is 27.2 Å². The van der Waals surface area contributed by atoms with Gasteiger partial charge in [-0.15, -0.1) is 0 Å². The molecular weight excluding hydrogens is 406 g/mol. The molecule has 2 heterocycles. The van der Waals surface area contributed by atoms with Crippen molar-refractivity contribution in [3.05, 3.63) is 77.1 Å². The minimum atomic E-state index is -4.51. The van der Waals surface area contributed by atoms with Crippen molar-refractivity contribution in [1.82, 2.24) is 20.1 Å². The number of benzene rings is 1. The van der Waals surface area contributed by atoms with Gasteiger partial charge in [-0.2, -0.15) is 18.3 Å². The second-order valence-corrected chi connectivity index (χ2v) is 6.24. The third-order valence-electron chi connectivity index (χ3n) is 4.05. The van der Waals surface area contributed by atoms with Crippen molar-refractivity contribution in [2.24, 2.45) is 7.05 Å². The van der Waals surface area contributed by atoms with Crippen LogP contribution in [0.2, 0.25) is 0 Å². The third kappa shape index (κ3) is 4.99. The zero-order valence-electron chi connectivity index (χ0n) is 15.5. The van der Waals surface area contributed by atoms with Crippen molar-refractivity contribution in [2.45, 2.75) is 12.7 Å². The molecule has 1 aromatic carbocycles. The van der Waals surface area contributed by atoms with E-state index in [4.69, 9.17) is 0 Å². The highest BCUT2D eigenvalue weighted by Crippen LogP contribution is 2.28. The second-order valence-electron chi connectivity index (χ2n) is 6.24. The number of carbonyl (C=O) groups is 2. The lowest BCUT2D eigenvalue weighted by Gasteiger charge is -2.10. The van der Waals surface area contributed by atoms with E-state index in [2.05, 4.69) is 20.7 Å². The van der Waals surface area contributed by atoms with Crippen LogP contribution in [0.1, 0.15) is 32.1 Å². The fourth-order valence-corrected chi connectivity index (χ4v) is 2.55. The highest BCUT2D eigenvalue weighted by molar-refractivity contribution is 6.04. The van der Waals surface area contributed by atoms with Crippen molar-refractivity contribution in [3.63, 3.8) is 0 Å². The summed E-state index contributed by atoms with van der Waals surface area (Å²) in [4.78, 5) is 28.2. The number of alkyl halides is 3. The van der Waals surface area contributed by atoms with E-state index in [1.54, 1.807) is 7.05 Å². The van der Waals surface area contributed by atoms with Gasteiger partial charge in [0.15, 0.2) is 0 Å². The molecule has 0 atom stereocenters. The van der Waals surface area contributed by atoms with Crippen LogP contribution in [0.5, 0.6) is 0 Å². The average molecular weight is 421 g/mol. The molecule has 30 heavy (non-hydrogen) atoms. The van der Waals surface area contributed by atoms with Crippen molar-refractivity contribution >= 4 is 17.5 Å². The van der Waals surface area contributed by atoms with E-state index in [9.17, 15) is 27.2 Å². The Balaban J connectivity index is 1.67. The monoisotopic (exact) mass is 421 g/mol. The molecule has 156 valence electrons. The normalized spacial score (nSPS) is 11.2. The van der Waals surface area contributed by atoms with Crippen LogP contribution in [-0.2, 0) is 19.8 Å². The van der Waals surface area contributed by atoms with Gasteiger partial charge in [0.25, 0.3) is 11.8 Å². The molecule has 0 spiro atoms. The number of hydrogen-bond acceptors (Lipinski definition) is 4. The van der Waals surface area contributed by atoms with Gasteiger partial charge in [0.1, 0.15) is 11.5 Å². The number of aryl methyl sites for hydroxylation is 1. The summed E-state index contributed by atoms with van der Waals surface area (Å²) in [6.07, 6.45) is -2.42. The van der Waals surface area contributed by atoms with Crippen LogP contribution in [0, 0.1) is 5.82 Å². The zero-order valence-corrected chi connectivity index (χ0v) is 15.5. The first kappa shape index (κ1) is 21.0. The Morgan fingerprint density at radius 2 is 1.87 bits per heavy atom. The Bertz CT molecular complexity index is 1080. The lowest BCUT2D eigenvalue weighted by atomic mass is 10.1. The summed E-state index contributed by atoms with van der Waals surface area (Å²) < 4.78 is 52.9. The predicted molar refractivity (Wildman–Crippen MR) is 98.0 cm³/mol. The summed E-state index contributed by atoms with van der Waals surface area (Å²) in [5.41, 5.74) is -0.506. The molecular formula is C19H15F4N5O2. The molecule has 3 aromatic rings. The van der Waals surface area contributed by atoms with Gasteiger partial charge in [-0.25, -0.2) is 4.39 Å². The van der Waals surface area contributed by atoms with Gasteiger partial charge in [-0.3, -0.25) is 19.3 Å². The molecule has 11 heteroatoms. The Kier molecular flexibility index (Phi) is 5.81. The third-order valence-corrected chi connectivity index (χ3v) is 4.05. The van der Waals surface area contributed by atoms with E-state index in [0.717, 1.165) is 24.3 Å². The molecule has 0 aliphatic carbocycles. The number of nitrogens with one attached hydrogen (secondary N) is 2. The van der Waals surface area contributed by atoms with E-state index in [1.165, 1.54) is 23.0 Å². The summed E-state index contributed by atoms with van der Waals surface area (Å²) in [6, 6.07) is 6.74. The van der Waals surface area contributed by atoms with Crippen LogP contribution in [0.15, 0.2) is 48.8 Å². The van der Waals surface area contributed by atoms with Gasteiger partial charge in [-0.1, -0.05) is 0 Å². The maximum atomic E-state index is 13.9. The Morgan fingerprint density at radius 1 is 1.10 bits per heavy atom. The number of rotatable bonds is 5. The van der Waals surface area contributed by atoms with E-state index in [0.29, 0.717) is 6.20 Å². The fourth-order valence-electron chi connectivity index (χ4n) is 2.55. The van der Waals surface area contributed by atoms with Crippen LogP contribution in [-0.4, -0.2) is 26.6 Å². The molecule has 0 fully saturated rings. The van der Waals surface area contributed by atoms with Gasteiger partial charge < -0.3 is 10.6 Å². The highest BCUT2D eigenvalue weighted by Gasteiger charge is 2.30. The number of amides is 2. The number of nitrogens with zero attached hydrogens (tertiary/aromatic N) is 3. The first-order valence-corrected chi connectivity index (χ1v) is 8.54. The van der Waals surface area contributed by atoms with Crippen LogP contribution < -0.4 is 10.6 Å². The van der Waals surface area contributed by atoms with E-state index in [-0.39, 0.29) is 29.2 Å². The second kappa shape index (κ2) is 8.31. The SMILES string of the molecule is Cn1nccc1C(=O)Nc1cc(F)cc(C(=O)NCc2ccc(C(F)(F)F)cn2)c1. The number of carbonyl (C=O) groups excluding carboxylic acids is 2. The van der Waals surface area contributed by atoms with Gasteiger partial charge in [0.2, 0.25) is 0 Å². The van der Waals surface area contributed by atoms with Crippen LogP contribution >= 0.6 is 0 Å². The minimum Gasteiger partial charge on any atom is -0.346 e. The lowest BCUT2D eigenvalue weighted by molar-refractivity contribution is -0.137. The first-order valence-electron chi connectivity index (χ1n) is 8.54. The van der Waals surface area contributed by atoms with Crippen molar-refractivity contribution in [1.29, 1.82) is 0 Å². The molecule has 3 rings (SSSR count). The summed E-state index contributed by atoms with van der Waals surface area (Å²) in [5, 5.41) is 8.78. The molecule has 7 nitrogen and oxygen atoms in total. The standard InChI is InChI=1S/C19H15F4N5O2/c1-28-16(4-5-26-28)18(30)27-15-7-11(6-13(20)8-15)17(29)25-10-14-3-2-12(9-24-14)19(21,22)23/h2-9H,10H2,1H3,(H,25,29)(H,27,30). The fraction of sp³-hybridized carbons (Fsp3) is 0.158. The van der Waals surface area contributed by atoms with Crippen LogP contribution in [0.25, 0.3) is 0 Å². The molecule has 2 amide bonds. The predicted octanol–water partition coefficient (Wildman–Crippen LogP) is 3.16. The van der Waals surface area contributed by atoms with E-state index >= 15 is 0 Å². The minimum absolute atomic E-state index is 0.0546. The molecule has 0 unspecified atom stereocenters. The molecule has 2 N–H and O–H groups in total. The number of halogens is 4. The summed E-state index contributed by atoms with van der Waals surface area (Å²) in [7, 11) is 1.56. The Labute approximate surface area is 167 Å². The highest BCUT2D eigenvalue weighted by atomic mass is 19.4. The molecule has 0 aliphatic rings. The smallest absolute Gasteiger partial charge is 0.346 e. The van der Waals surface area contributed by atoms with Crippen molar-refractivity contribution in [2.75, 3.05) is 5.32 Å². The number of pyridine rings is 1. The molecule has 0 bridgehead atoms. The maximum Gasteiger partial charge on any atom is 0.417 e. The van der Waals surface area contributed by atoms with Gasteiger partial charge >= 0.3 is 6.18 Å². The summed E-state index contributed by atoms with van der Waals surface area (Å²) in [6.45, 7) is -0.163. The van der Waals surface area contributed by atoms with Crippen molar-refractivity contribution in [3.8, 4) is 0 Å². The van der Waals surface area contributed by atoms with E-state index in [1.807, 2.05) is 0 Å². The zero-order chi connectivity index (χ0) is 21.9. The van der Waals surface area contributed by atoms with Gasteiger partial charge in [0.05, 0.1) is 17.8 Å². The quantitative estimate of drug-likeness (QED) is 0.620. The molecule has 0 saturated carbocycles. The van der Waals surface area contributed by atoms with Gasteiger partial charge in [0, 0.05) is 30.7 Å². The molecule has 0 radical (unpaired) electrons. The summed E-state index contributed by atoms with van der Waals surface area (Å²) in [5.74, 6) is -1.98. The number of anilines is 1. The lowest BCUT2D eigenvalue weighted by Crippen LogP contribution is -2.24. The summed E-state index contributed by atoms with van der Waals surface area (Å²) >= 11 is 0. The Morgan fingerprint density at radius 3 is 2.47 bits per heavy atom. The topological polar surface area (TPSA) is 88.9 Å². The molecule has 0 saturated heterocycles.